The van der Waals surface area contributed by atoms with Crippen LogP contribution in [0.15, 0.2) is 36.7 Å². The van der Waals surface area contributed by atoms with Gasteiger partial charge in [-0.3, -0.25) is 4.79 Å². The highest BCUT2D eigenvalue weighted by Gasteiger charge is 2.19. The lowest BCUT2D eigenvalue weighted by atomic mass is 10.1. The zero-order valence-corrected chi connectivity index (χ0v) is 13.4. The van der Waals surface area contributed by atoms with Gasteiger partial charge in [0.1, 0.15) is 22.9 Å². The number of nitrogens with zero attached hydrogens (tertiary/aromatic N) is 1. The molecule has 0 saturated heterocycles. The molecule has 0 radical (unpaired) electrons. The lowest BCUT2D eigenvalue weighted by Crippen LogP contribution is -2.15. The van der Waals surface area contributed by atoms with Crippen molar-refractivity contribution in [3.05, 3.63) is 42.2 Å². The van der Waals surface area contributed by atoms with Crippen LogP contribution < -0.4 is 9.47 Å². The number of hydrogen-bond acceptors (Lipinski definition) is 5. The van der Waals surface area contributed by atoms with E-state index in [1.807, 2.05) is 24.5 Å². The van der Waals surface area contributed by atoms with Crippen LogP contribution >= 0.6 is 0 Å². The minimum atomic E-state index is -3.40. The average molecular weight is 323 g/mol. The van der Waals surface area contributed by atoms with Crippen LogP contribution in [0.25, 0.3) is 5.69 Å². The summed E-state index contributed by atoms with van der Waals surface area (Å²) >= 11 is 0. The lowest BCUT2D eigenvalue weighted by Gasteiger charge is -2.15. The number of aromatic nitrogens is 1. The molecule has 2 rings (SSSR count). The lowest BCUT2D eigenvalue weighted by molar-refractivity contribution is 0.102. The highest BCUT2D eigenvalue weighted by Crippen LogP contribution is 2.34. The number of Topliss-reactive ketones (excluding diaryl/α,β-unsaturated/α-hetero) is 1. The maximum Gasteiger partial charge on any atom is 0.178 e. The van der Waals surface area contributed by atoms with E-state index in [-0.39, 0.29) is 5.56 Å². The molecule has 0 atom stereocenters. The minimum Gasteiger partial charge on any atom is -0.494 e. The molecule has 1 heterocycles. The maximum absolute atomic E-state index is 12.1. The summed E-state index contributed by atoms with van der Waals surface area (Å²) < 4.78 is 35.0. The average Bonchev–Trinajstić information content (AvgIpc) is 2.97. The number of sulfone groups is 1. The molecule has 1 aromatic carbocycles. The first-order chi connectivity index (χ1) is 10.4. The van der Waals surface area contributed by atoms with E-state index in [0.717, 1.165) is 6.26 Å². The van der Waals surface area contributed by atoms with Gasteiger partial charge in [0, 0.05) is 24.2 Å². The molecule has 0 bridgehead atoms. The quantitative estimate of drug-likeness (QED) is 0.757. The Kier molecular flexibility index (Phi) is 4.56. The van der Waals surface area contributed by atoms with Crippen molar-refractivity contribution in [2.75, 3.05) is 26.2 Å². The first kappa shape index (κ1) is 16.1. The molecule has 0 unspecified atom stereocenters. The molecule has 0 aliphatic heterocycles. The second-order valence-electron chi connectivity index (χ2n) is 4.81. The Labute approximate surface area is 129 Å². The molecular formula is C15H17NO5S. The third-order valence-corrected chi connectivity index (χ3v) is 3.84. The van der Waals surface area contributed by atoms with E-state index in [9.17, 15) is 13.2 Å². The molecular weight excluding hydrogens is 306 g/mol. The smallest absolute Gasteiger partial charge is 0.178 e. The standard InChI is InChI=1S/C15H17NO5S/c1-20-13-8-11(12(17)10-22(3,18)19)9-14(21-2)15(13)16-6-4-5-7-16/h4-9H,10H2,1-3H3. The fraction of sp³-hybridized carbons (Fsp3) is 0.267. The van der Waals surface area contributed by atoms with E-state index in [0.29, 0.717) is 17.2 Å². The first-order valence-electron chi connectivity index (χ1n) is 6.46. The van der Waals surface area contributed by atoms with Gasteiger partial charge in [-0.25, -0.2) is 8.42 Å². The first-order valence-corrected chi connectivity index (χ1v) is 8.52. The van der Waals surface area contributed by atoms with E-state index in [4.69, 9.17) is 9.47 Å². The molecule has 0 saturated carbocycles. The molecule has 0 amide bonds. The summed E-state index contributed by atoms with van der Waals surface area (Å²) in [6.07, 6.45) is 4.66. The Balaban J connectivity index is 2.55. The predicted octanol–water partition coefficient (Wildman–Crippen LogP) is 1.72. The number of hydrogen-bond donors (Lipinski definition) is 0. The predicted molar refractivity (Wildman–Crippen MR) is 82.9 cm³/mol. The summed E-state index contributed by atoms with van der Waals surface area (Å²) in [4.78, 5) is 12.1. The molecule has 0 aliphatic carbocycles. The van der Waals surface area contributed by atoms with Crippen molar-refractivity contribution in [3.63, 3.8) is 0 Å². The molecule has 1 aromatic heterocycles. The van der Waals surface area contributed by atoms with Crippen molar-refractivity contribution in [1.82, 2.24) is 4.57 Å². The molecule has 0 fully saturated rings. The van der Waals surface area contributed by atoms with Crippen LogP contribution in [-0.2, 0) is 9.84 Å². The van der Waals surface area contributed by atoms with Gasteiger partial charge in [0.25, 0.3) is 0 Å². The third kappa shape index (κ3) is 3.48. The Morgan fingerprint density at radius 3 is 2.00 bits per heavy atom. The summed E-state index contributed by atoms with van der Waals surface area (Å²) in [5.41, 5.74) is 0.876. The van der Waals surface area contributed by atoms with Crippen LogP contribution in [0.1, 0.15) is 10.4 Å². The zero-order chi connectivity index (χ0) is 16.3. The van der Waals surface area contributed by atoms with Gasteiger partial charge in [0.2, 0.25) is 0 Å². The fourth-order valence-electron chi connectivity index (χ4n) is 2.11. The Morgan fingerprint density at radius 1 is 1.09 bits per heavy atom. The number of carbonyl (C=O) groups is 1. The van der Waals surface area contributed by atoms with Crippen LogP contribution in [0.4, 0.5) is 0 Å². The van der Waals surface area contributed by atoms with Gasteiger partial charge in [0.15, 0.2) is 15.6 Å². The summed E-state index contributed by atoms with van der Waals surface area (Å²) in [5.74, 6) is -0.208. The van der Waals surface area contributed by atoms with Crippen LogP contribution in [0, 0.1) is 0 Å². The molecule has 6 nitrogen and oxygen atoms in total. The maximum atomic E-state index is 12.1. The van der Waals surface area contributed by atoms with Gasteiger partial charge in [-0.15, -0.1) is 0 Å². The highest BCUT2D eigenvalue weighted by molar-refractivity contribution is 7.91. The molecule has 7 heteroatoms. The van der Waals surface area contributed by atoms with Crippen LogP contribution in [0.3, 0.4) is 0 Å². The van der Waals surface area contributed by atoms with Crippen molar-refractivity contribution in [1.29, 1.82) is 0 Å². The molecule has 0 N–H and O–H groups in total. The minimum absolute atomic E-state index is 0.232. The van der Waals surface area contributed by atoms with Crippen LogP contribution in [0.5, 0.6) is 11.5 Å². The Bertz CT molecular complexity index is 753. The topological polar surface area (TPSA) is 74.6 Å². The van der Waals surface area contributed by atoms with Crippen LogP contribution in [-0.4, -0.2) is 45.0 Å². The van der Waals surface area contributed by atoms with Crippen molar-refractivity contribution < 1.29 is 22.7 Å². The molecule has 22 heavy (non-hydrogen) atoms. The largest absolute Gasteiger partial charge is 0.494 e. The van der Waals surface area contributed by atoms with Gasteiger partial charge in [-0.2, -0.15) is 0 Å². The van der Waals surface area contributed by atoms with E-state index < -0.39 is 21.4 Å². The Hall–Kier alpha value is -2.28. The summed E-state index contributed by atoms with van der Waals surface area (Å²) in [6.45, 7) is 0. The van der Waals surface area contributed by atoms with Crippen LogP contribution in [0.2, 0.25) is 0 Å². The molecule has 0 spiro atoms. The van der Waals surface area contributed by atoms with Gasteiger partial charge in [0.05, 0.1) is 14.2 Å². The third-order valence-electron chi connectivity index (χ3n) is 3.06. The van der Waals surface area contributed by atoms with Crippen molar-refractivity contribution in [2.45, 2.75) is 0 Å². The highest BCUT2D eigenvalue weighted by atomic mass is 32.2. The number of ketones is 1. The summed E-state index contributed by atoms with van der Waals surface area (Å²) in [6, 6.07) is 6.74. The number of benzene rings is 1. The molecule has 0 aliphatic rings. The Morgan fingerprint density at radius 2 is 1.59 bits per heavy atom. The number of carbonyl (C=O) groups excluding carboxylic acids is 1. The van der Waals surface area contributed by atoms with E-state index >= 15 is 0 Å². The fourth-order valence-corrected chi connectivity index (χ4v) is 2.76. The van der Waals surface area contributed by atoms with Gasteiger partial charge in [-0.1, -0.05) is 0 Å². The number of rotatable bonds is 6. The van der Waals surface area contributed by atoms with E-state index in [1.165, 1.54) is 26.4 Å². The van der Waals surface area contributed by atoms with Gasteiger partial charge in [-0.05, 0) is 24.3 Å². The second kappa shape index (κ2) is 6.23. The molecule has 118 valence electrons. The summed E-state index contributed by atoms with van der Waals surface area (Å²) in [5, 5.41) is 0. The van der Waals surface area contributed by atoms with Crippen molar-refractivity contribution >= 4 is 15.6 Å². The SMILES string of the molecule is COc1cc(C(=O)CS(C)(=O)=O)cc(OC)c1-n1cccc1. The zero-order valence-electron chi connectivity index (χ0n) is 12.6. The van der Waals surface area contributed by atoms with Gasteiger partial charge < -0.3 is 14.0 Å². The monoisotopic (exact) mass is 323 g/mol. The van der Waals surface area contributed by atoms with Gasteiger partial charge >= 0.3 is 0 Å². The number of ether oxygens (including phenoxy) is 2. The van der Waals surface area contributed by atoms with Crippen molar-refractivity contribution in [3.8, 4) is 17.2 Å². The van der Waals surface area contributed by atoms with Crippen molar-refractivity contribution in [2.24, 2.45) is 0 Å². The van der Waals surface area contributed by atoms with E-state index in [1.54, 1.807) is 4.57 Å². The molecule has 2 aromatic rings. The summed E-state index contributed by atoms with van der Waals surface area (Å²) in [7, 11) is -0.443. The number of methoxy groups -OCH3 is 2. The normalized spacial score (nSPS) is 11.2. The van der Waals surface area contributed by atoms with E-state index in [2.05, 4.69) is 0 Å². The second-order valence-corrected chi connectivity index (χ2v) is 6.95.